The van der Waals surface area contributed by atoms with Crippen LogP contribution in [0.5, 0.6) is 0 Å². The zero-order valence-electron chi connectivity index (χ0n) is 13.5. The van der Waals surface area contributed by atoms with Gasteiger partial charge in [0.25, 0.3) is 0 Å². The van der Waals surface area contributed by atoms with Crippen molar-refractivity contribution in [2.24, 2.45) is 0 Å². The average Bonchev–Trinajstić information content (AvgIpc) is 3.15. The minimum atomic E-state index is -0.0200. The molecule has 0 saturated carbocycles. The highest BCUT2D eigenvalue weighted by Gasteiger charge is 2.12. The SMILES string of the molecule is Cc1c(NCC(=O)N(C)c2ccccc2)cccc1-n1cnnn1. The molecule has 0 spiro atoms. The molecule has 1 N–H and O–H groups in total. The van der Waals surface area contributed by atoms with E-state index in [1.165, 1.54) is 0 Å². The van der Waals surface area contributed by atoms with Crippen LogP contribution in [0, 0.1) is 6.92 Å². The molecule has 1 heterocycles. The topological polar surface area (TPSA) is 75.9 Å². The summed E-state index contributed by atoms with van der Waals surface area (Å²) in [5.41, 5.74) is 3.58. The van der Waals surface area contributed by atoms with Crippen LogP contribution in [0.2, 0.25) is 0 Å². The van der Waals surface area contributed by atoms with Crippen molar-refractivity contribution in [3.05, 3.63) is 60.4 Å². The van der Waals surface area contributed by atoms with Crippen molar-refractivity contribution in [1.29, 1.82) is 0 Å². The van der Waals surface area contributed by atoms with Gasteiger partial charge in [0.15, 0.2) is 0 Å². The second-order valence-corrected chi connectivity index (χ2v) is 5.35. The molecule has 2 aromatic carbocycles. The predicted octanol–water partition coefficient (Wildman–Crippen LogP) is 2.05. The fourth-order valence-corrected chi connectivity index (χ4v) is 2.42. The maximum Gasteiger partial charge on any atom is 0.246 e. The van der Waals surface area contributed by atoms with E-state index in [1.807, 2.05) is 55.5 Å². The summed E-state index contributed by atoms with van der Waals surface area (Å²) in [5, 5.41) is 14.4. The maximum absolute atomic E-state index is 12.4. The van der Waals surface area contributed by atoms with Crippen molar-refractivity contribution in [2.75, 3.05) is 23.8 Å². The van der Waals surface area contributed by atoms with Gasteiger partial charge in [0.05, 0.1) is 12.2 Å². The Morgan fingerprint density at radius 1 is 1.17 bits per heavy atom. The van der Waals surface area contributed by atoms with E-state index in [-0.39, 0.29) is 12.5 Å². The minimum Gasteiger partial charge on any atom is -0.376 e. The fourth-order valence-electron chi connectivity index (χ4n) is 2.42. The number of carbonyl (C=O) groups is 1. The average molecular weight is 322 g/mol. The van der Waals surface area contributed by atoms with Gasteiger partial charge >= 0.3 is 0 Å². The zero-order valence-corrected chi connectivity index (χ0v) is 13.5. The van der Waals surface area contributed by atoms with Crippen molar-refractivity contribution in [2.45, 2.75) is 6.92 Å². The van der Waals surface area contributed by atoms with E-state index in [4.69, 9.17) is 0 Å². The van der Waals surface area contributed by atoms with E-state index in [9.17, 15) is 4.79 Å². The highest BCUT2D eigenvalue weighted by atomic mass is 16.2. The first-order valence-electron chi connectivity index (χ1n) is 7.55. The van der Waals surface area contributed by atoms with E-state index in [0.717, 1.165) is 22.6 Å². The van der Waals surface area contributed by atoms with Crippen molar-refractivity contribution in [3.8, 4) is 5.69 Å². The Kier molecular flexibility index (Phi) is 4.51. The number of aromatic nitrogens is 4. The van der Waals surface area contributed by atoms with E-state index in [2.05, 4.69) is 20.8 Å². The molecule has 1 amide bonds. The standard InChI is InChI=1S/C17H18N6O/c1-13-15(9-6-10-16(13)23-12-19-20-21-23)18-11-17(24)22(2)14-7-4-3-5-8-14/h3-10,12,18H,11H2,1-2H3. The van der Waals surface area contributed by atoms with E-state index in [0.29, 0.717) is 0 Å². The number of likely N-dealkylation sites (N-methyl/N-ethyl adjacent to an activating group) is 1. The van der Waals surface area contributed by atoms with Crippen LogP contribution >= 0.6 is 0 Å². The summed E-state index contributed by atoms with van der Waals surface area (Å²) < 4.78 is 1.60. The maximum atomic E-state index is 12.4. The van der Waals surface area contributed by atoms with Crippen LogP contribution in [0.4, 0.5) is 11.4 Å². The Morgan fingerprint density at radius 3 is 2.67 bits per heavy atom. The van der Waals surface area contributed by atoms with Crippen LogP contribution in [-0.4, -0.2) is 39.7 Å². The summed E-state index contributed by atoms with van der Waals surface area (Å²) in [6.07, 6.45) is 1.54. The molecule has 0 fully saturated rings. The second kappa shape index (κ2) is 6.91. The van der Waals surface area contributed by atoms with Crippen LogP contribution in [0.25, 0.3) is 5.69 Å². The highest BCUT2D eigenvalue weighted by Crippen LogP contribution is 2.21. The number of carbonyl (C=O) groups excluding carboxylic acids is 1. The Hall–Kier alpha value is -3.22. The summed E-state index contributed by atoms with van der Waals surface area (Å²) in [7, 11) is 1.77. The van der Waals surface area contributed by atoms with Crippen LogP contribution in [0.15, 0.2) is 54.9 Å². The number of para-hydroxylation sites is 1. The van der Waals surface area contributed by atoms with Gasteiger partial charge in [-0.25, -0.2) is 4.68 Å². The number of nitrogens with one attached hydrogen (secondary N) is 1. The van der Waals surface area contributed by atoms with Gasteiger partial charge in [-0.05, 0) is 47.2 Å². The lowest BCUT2D eigenvalue weighted by Crippen LogP contribution is -2.32. The number of hydrogen-bond acceptors (Lipinski definition) is 5. The zero-order chi connectivity index (χ0) is 16.9. The first kappa shape index (κ1) is 15.7. The van der Waals surface area contributed by atoms with Gasteiger partial charge < -0.3 is 10.2 Å². The van der Waals surface area contributed by atoms with Gasteiger partial charge in [-0.1, -0.05) is 24.3 Å². The Morgan fingerprint density at radius 2 is 1.96 bits per heavy atom. The van der Waals surface area contributed by atoms with Crippen LogP contribution in [0.3, 0.4) is 0 Å². The van der Waals surface area contributed by atoms with E-state index < -0.39 is 0 Å². The quantitative estimate of drug-likeness (QED) is 0.778. The van der Waals surface area contributed by atoms with E-state index in [1.54, 1.807) is 23.0 Å². The number of rotatable bonds is 5. The molecule has 0 unspecified atom stereocenters. The molecule has 7 heteroatoms. The van der Waals surface area contributed by atoms with Gasteiger partial charge in [0, 0.05) is 18.4 Å². The molecule has 3 aromatic rings. The van der Waals surface area contributed by atoms with Gasteiger partial charge in [0.2, 0.25) is 5.91 Å². The van der Waals surface area contributed by atoms with Gasteiger partial charge in [0.1, 0.15) is 6.33 Å². The Labute approximate surface area is 139 Å². The minimum absolute atomic E-state index is 0.0200. The van der Waals surface area contributed by atoms with Crippen LogP contribution in [0.1, 0.15) is 5.56 Å². The number of amides is 1. The number of nitrogens with zero attached hydrogens (tertiary/aromatic N) is 5. The molecule has 24 heavy (non-hydrogen) atoms. The normalized spacial score (nSPS) is 10.4. The largest absolute Gasteiger partial charge is 0.376 e. The molecule has 0 bridgehead atoms. The first-order chi connectivity index (χ1) is 11.7. The Bertz CT molecular complexity index is 816. The molecule has 3 rings (SSSR count). The molecule has 122 valence electrons. The lowest BCUT2D eigenvalue weighted by Gasteiger charge is -2.19. The molecule has 0 aliphatic rings. The fraction of sp³-hybridized carbons (Fsp3) is 0.176. The summed E-state index contributed by atoms with van der Waals surface area (Å²) in [5.74, 6) is -0.0200. The van der Waals surface area contributed by atoms with Crippen molar-refractivity contribution < 1.29 is 4.79 Å². The van der Waals surface area contributed by atoms with Crippen molar-refractivity contribution >= 4 is 17.3 Å². The number of anilines is 2. The van der Waals surface area contributed by atoms with Crippen molar-refractivity contribution in [1.82, 2.24) is 20.2 Å². The molecular weight excluding hydrogens is 304 g/mol. The summed E-state index contributed by atoms with van der Waals surface area (Å²) >= 11 is 0. The molecule has 0 saturated heterocycles. The first-order valence-corrected chi connectivity index (χ1v) is 7.55. The van der Waals surface area contributed by atoms with E-state index >= 15 is 0 Å². The number of benzene rings is 2. The van der Waals surface area contributed by atoms with Gasteiger partial charge in [-0.3, -0.25) is 4.79 Å². The van der Waals surface area contributed by atoms with Crippen LogP contribution < -0.4 is 10.2 Å². The lowest BCUT2D eigenvalue weighted by molar-refractivity contribution is -0.116. The summed E-state index contributed by atoms with van der Waals surface area (Å²) in [6, 6.07) is 15.3. The monoisotopic (exact) mass is 322 g/mol. The second-order valence-electron chi connectivity index (χ2n) is 5.35. The van der Waals surface area contributed by atoms with Gasteiger partial charge in [-0.15, -0.1) is 5.10 Å². The predicted molar refractivity (Wildman–Crippen MR) is 92.2 cm³/mol. The molecule has 0 aliphatic carbocycles. The third-order valence-corrected chi connectivity index (χ3v) is 3.85. The smallest absolute Gasteiger partial charge is 0.246 e. The van der Waals surface area contributed by atoms with Crippen molar-refractivity contribution in [3.63, 3.8) is 0 Å². The molecule has 1 aromatic heterocycles. The van der Waals surface area contributed by atoms with Gasteiger partial charge in [-0.2, -0.15) is 0 Å². The molecule has 0 atom stereocenters. The molecule has 0 aliphatic heterocycles. The van der Waals surface area contributed by atoms with Crippen LogP contribution in [-0.2, 0) is 4.79 Å². The molecule has 0 radical (unpaired) electrons. The number of hydrogen-bond donors (Lipinski definition) is 1. The summed E-state index contributed by atoms with van der Waals surface area (Å²) in [4.78, 5) is 14.0. The summed E-state index contributed by atoms with van der Waals surface area (Å²) in [6.45, 7) is 2.16. The number of tetrazole rings is 1. The molecular formula is C17H18N6O. The molecule has 7 nitrogen and oxygen atoms in total. The lowest BCUT2D eigenvalue weighted by atomic mass is 10.1. The highest BCUT2D eigenvalue weighted by molar-refractivity contribution is 5.95. The third-order valence-electron chi connectivity index (χ3n) is 3.85. The Balaban J connectivity index is 1.71. The third kappa shape index (κ3) is 3.24.